The Morgan fingerprint density at radius 1 is 0.316 bits per heavy atom. The fourth-order valence-corrected chi connectivity index (χ4v) is 14.9. The van der Waals surface area contributed by atoms with Gasteiger partial charge in [0.15, 0.2) is 8.07 Å². The van der Waals surface area contributed by atoms with E-state index in [1.54, 1.807) is 0 Å². The summed E-state index contributed by atoms with van der Waals surface area (Å²) in [7, 11) is -2.71. The molecule has 2 heteroatoms. The van der Waals surface area contributed by atoms with Crippen molar-refractivity contribution in [3.63, 3.8) is 0 Å². The fraction of sp³-hybridized carbons (Fsp3) is 0.0182. The van der Waals surface area contributed by atoms with E-state index in [0.717, 1.165) is 0 Å². The molecule has 0 saturated heterocycles. The quantitative estimate of drug-likeness (QED) is 0.113. The fourth-order valence-electron chi connectivity index (χ4n) is 10.1. The molecule has 0 spiro atoms. The van der Waals surface area contributed by atoms with Crippen LogP contribution in [0, 0.1) is 0 Å². The summed E-state index contributed by atoms with van der Waals surface area (Å²) < 4.78 is 2.41. The second-order valence-electron chi connectivity index (χ2n) is 15.2. The maximum absolute atomic E-state index is 2.71. The number of fused-ring (bicyclic) bond motifs is 6. The molecule has 9 aromatic carbocycles. The molecule has 10 aromatic rings. The zero-order valence-electron chi connectivity index (χ0n) is 31.5. The van der Waals surface area contributed by atoms with Crippen molar-refractivity contribution in [2.45, 2.75) is 5.41 Å². The Morgan fingerprint density at radius 3 is 1.30 bits per heavy atom. The first-order valence-corrected chi connectivity index (χ1v) is 21.9. The third-order valence-electron chi connectivity index (χ3n) is 12.4. The van der Waals surface area contributed by atoms with Crippen LogP contribution >= 0.6 is 0 Å². The van der Waals surface area contributed by atoms with E-state index in [9.17, 15) is 0 Å². The lowest BCUT2D eigenvalue weighted by atomic mass is 9.67. The first-order chi connectivity index (χ1) is 28.3. The van der Waals surface area contributed by atoms with Gasteiger partial charge >= 0.3 is 0 Å². The minimum Gasteiger partial charge on any atom is -0.309 e. The molecule has 0 amide bonds. The Balaban J connectivity index is 1.20. The molecule has 0 saturated carbocycles. The number of hydrogen-bond acceptors (Lipinski definition) is 0. The highest BCUT2D eigenvalue weighted by atomic mass is 28.3. The molecule has 0 fully saturated rings. The Labute approximate surface area is 334 Å². The average molecular weight is 742 g/mol. The SMILES string of the molecule is c1ccc(-n2c3ccccc3c3cc(C4(c5ccc([Si](c6ccccc6)(c6ccccc6)c6ccccc6)cc5)c5ccccc5-c5ccccc54)ccc32)cc1. The van der Waals surface area contributed by atoms with Crippen molar-refractivity contribution in [2.75, 3.05) is 0 Å². The van der Waals surface area contributed by atoms with Gasteiger partial charge in [-0.1, -0.05) is 206 Å². The molecule has 0 aliphatic heterocycles. The molecule has 0 bridgehead atoms. The molecule has 0 atom stereocenters. The van der Waals surface area contributed by atoms with Gasteiger partial charge in [0, 0.05) is 16.5 Å². The van der Waals surface area contributed by atoms with E-state index in [1.165, 1.54) is 81.6 Å². The van der Waals surface area contributed by atoms with Crippen molar-refractivity contribution >= 4 is 50.6 Å². The van der Waals surface area contributed by atoms with Gasteiger partial charge in [0.25, 0.3) is 0 Å². The molecular formula is C55H39NSi. The second kappa shape index (κ2) is 13.3. The Hall–Kier alpha value is -7.00. The highest BCUT2D eigenvalue weighted by Crippen LogP contribution is 2.56. The van der Waals surface area contributed by atoms with Crippen LogP contribution in [0.2, 0.25) is 0 Å². The minimum absolute atomic E-state index is 0.535. The normalized spacial score (nSPS) is 13.1. The van der Waals surface area contributed by atoms with Gasteiger partial charge in [0.2, 0.25) is 0 Å². The van der Waals surface area contributed by atoms with Crippen LogP contribution in [-0.2, 0) is 5.41 Å². The summed E-state index contributed by atoms with van der Waals surface area (Å²) in [5, 5.41) is 8.01. The predicted molar refractivity (Wildman–Crippen MR) is 242 cm³/mol. The highest BCUT2D eigenvalue weighted by molar-refractivity contribution is 7.19. The number of aromatic nitrogens is 1. The monoisotopic (exact) mass is 741 g/mol. The first-order valence-electron chi connectivity index (χ1n) is 19.9. The van der Waals surface area contributed by atoms with Gasteiger partial charge in [-0.2, -0.15) is 0 Å². The van der Waals surface area contributed by atoms with E-state index in [1.807, 2.05) is 0 Å². The lowest BCUT2D eigenvalue weighted by Gasteiger charge is -2.36. The van der Waals surface area contributed by atoms with Crippen LogP contribution in [0.3, 0.4) is 0 Å². The van der Waals surface area contributed by atoms with Crippen LogP contribution in [0.1, 0.15) is 22.3 Å². The molecule has 0 N–H and O–H groups in total. The summed E-state index contributed by atoms with van der Waals surface area (Å²) in [6, 6.07) is 88.4. The van der Waals surface area contributed by atoms with Crippen LogP contribution in [-0.4, -0.2) is 12.6 Å². The Bertz CT molecular complexity index is 2900. The van der Waals surface area contributed by atoms with E-state index in [4.69, 9.17) is 0 Å². The van der Waals surface area contributed by atoms with Crippen molar-refractivity contribution in [3.05, 3.63) is 259 Å². The van der Waals surface area contributed by atoms with E-state index in [0.29, 0.717) is 0 Å². The molecule has 0 unspecified atom stereocenters. The topological polar surface area (TPSA) is 4.93 Å². The molecule has 11 rings (SSSR count). The summed E-state index contributed by atoms with van der Waals surface area (Å²) in [6.45, 7) is 0. The van der Waals surface area contributed by atoms with E-state index in [-0.39, 0.29) is 0 Å². The maximum atomic E-state index is 2.49. The molecule has 0 radical (unpaired) electrons. The van der Waals surface area contributed by atoms with Crippen molar-refractivity contribution in [1.29, 1.82) is 0 Å². The zero-order valence-corrected chi connectivity index (χ0v) is 32.5. The lowest BCUT2D eigenvalue weighted by molar-refractivity contribution is 0.770. The van der Waals surface area contributed by atoms with Crippen molar-refractivity contribution in [3.8, 4) is 16.8 Å². The standard InChI is InChI=1S/C55H39NSi/c1-5-19-42(20-6-1)56-53-32-18-15-29-49(53)50-39-41(35-38-54(50)56)55(51-30-16-13-27-47(51)48-28-14-17-31-52(48)55)40-33-36-46(37-34-40)57(43-21-7-2-8-22-43,44-23-9-3-10-24-44)45-25-11-4-12-26-45/h1-39H. The van der Waals surface area contributed by atoms with Crippen LogP contribution < -0.4 is 20.7 Å². The lowest BCUT2D eigenvalue weighted by Crippen LogP contribution is -2.74. The zero-order chi connectivity index (χ0) is 37.8. The van der Waals surface area contributed by atoms with Gasteiger partial charge < -0.3 is 4.57 Å². The Kier molecular flexibility index (Phi) is 7.80. The number of benzene rings is 9. The molecule has 57 heavy (non-hydrogen) atoms. The van der Waals surface area contributed by atoms with E-state index >= 15 is 0 Å². The van der Waals surface area contributed by atoms with Gasteiger partial charge in [-0.15, -0.1) is 0 Å². The first kappa shape index (κ1) is 33.3. The van der Waals surface area contributed by atoms with Gasteiger partial charge in [-0.25, -0.2) is 0 Å². The van der Waals surface area contributed by atoms with Crippen molar-refractivity contribution in [1.82, 2.24) is 4.57 Å². The summed E-state index contributed by atoms with van der Waals surface area (Å²) in [5.41, 5.74) is 10.8. The minimum atomic E-state index is -2.71. The molecule has 1 heterocycles. The molecule has 1 aliphatic carbocycles. The number of para-hydroxylation sites is 2. The summed E-state index contributed by atoms with van der Waals surface area (Å²) in [4.78, 5) is 0. The van der Waals surface area contributed by atoms with Gasteiger partial charge in [0.05, 0.1) is 16.4 Å². The van der Waals surface area contributed by atoms with Crippen LogP contribution in [0.5, 0.6) is 0 Å². The summed E-state index contributed by atoms with van der Waals surface area (Å²) in [5.74, 6) is 0. The third kappa shape index (κ3) is 4.87. The van der Waals surface area contributed by atoms with Crippen LogP contribution in [0.25, 0.3) is 38.6 Å². The third-order valence-corrected chi connectivity index (χ3v) is 17.2. The second-order valence-corrected chi connectivity index (χ2v) is 19.0. The maximum Gasteiger partial charge on any atom is 0.179 e. The van der Waals surface area contributed by atoms with Gasteiger partial charge in [-0.05, 0) is 84.5 Å². The molecule has 1 aromatic heterocycles. The molecular weight excluding hydrogens is 703 g/mol. The van der Waals surface area contributed by atoms with Gasteiger partial charge in [-0.3, -0.25) is 0 Å². The summed E-state index contributed by atoms with van der Waals surface area (Å²) in [6.07, 6.45) is 0. The molecule has 268 valence electrons. The number of hydrogen-bond donors (Lipinski definition) is 0. The summed E-state index contributed by atoms with van der Waals surface area (Å²) >= 11 is 0. The van der Waals surface area contributed by atoms with Crippen molar-refractivity contribution < 1.29 is 0 Å². The molecule has 1 aliphatic rings. The molecule has 1 nitrogen and oxygen atoms in total. The predicted octanol–water partition coefficient (Wildman–Crippen LogP) is 10.5. The van der Waals surface area contributed by atoms with Crippen LogP contribution in [0.15, 0.2) is 237 Å². The smallest absolute Gasteiger partial charge is 0.179 e. The Morgan fingerprint density at radius 2 is 0.737 bits per heavy atom. The number of nitrogens with zero attached hydrogens (tertiary/aromatic N) is 1. The van der Waals surface area contributed by atoms with Crippen molar-refractivity contribution in [2.24, 2.45) is 0 Å². The number of rotatable bonds is 7. The largest absolute Gasteiger partial charge is 0.309 e. The van der Waals surface area contributed by atoms with E-state index in [2.05, 4.69) is 241 Å². The van der Waals surface area contributed by atoms with E-state index < -0.39 is 13.5 Å². The highest BCUT2D eigenvalue weighted by Gasteiger charge is 2.47. The van der Waals surface area contributed by atoms with Crippen LogP contribution in [0.4, 0.5) is 0 Å². The van der Waals surface area contributed by atoms with Gasteiger partial charge in [0.1, 0.15) is 0 Å². The average Bonchev–Trinajstić information content (AvgIpc) is 3.79.